The number of hydrogen-bond donors (Lipinski definition) is 1. The third-order valence-electron chi connectivity index (χ3n) is 2.52. The molecular formula is C9H13NS. The smallest absolute Gasteiger partial charge is 0.00491 e. The van der Waals surface area contributed by atoms with Crippen LogP contribution in [0.3, 0.4) is 0 Å². The van der Waals surface area contributed by atoms with Gasteiger partial charge in [0, 0.05) is 4.88 Å². The molecule has 2 unspecified atom stereocenters. The Labute approximate surface area is 71.2 Å². The van der Waals surface area contributed by atoms with Gasteiger partial charge in [-0.2, -0.15) is 0 Å². The maximum atomic E-state index is 5.58. The third kappa shape index (κ3) is 1.21. The molecule has 0 saturated heterocycles. The van der Waals surface area contributed by atoms with Crippen molar-refractivity contribution in [2.75, 3.05) is 6.54 Å². The molecule has 2 N–H and O–H groups in total. The molecule has 0 aromatic carbocycles. The maximum Gasteiger partial charge on any atom is 0.00491 e. The molecule has 1 aliphatic rings. The van der Waals surface area contributed by atoms with Gasteiger partial charge in [-0.1, -0.05) is 0 Å². The highest BCUT2D eigenvalue weighted by Gasteiger charge is 2.37. The number of thiophene rings is 1. The Balaban J connectivity index is 2.14. The SMILES string of the molecule is Cc1sccc1C1CC1CN. The van der Waals surface area contributed by atoms with Gasteiger partial charge in [-0.15, -0.1) is 11.3 Å². The number of rotatable bonds is 2. The molecule has 0 amide bonds. The van der Waals surface area contributed by atoms with Gasteiger partial charge in [0.1, 0.15) is 0 Å². The van der Waals surface area contributed by atoms with E-state index < -0.39 is 0 Å². The van der Waals surface area contributed by atoms with Crippen LogP contribution in [0.2, 0.25) is 0 Å². The van der Waals surface area contributed by atoms with Crippen LogP contribution in [0.4, 0.5) is 0 Å². The van der Waals surface area contributed by atoms with Crippen LogP contribution < -0.4 is 5.73 Å². The molecule has 0 spiro atoms. The molecule has 1 nitrogen and oxygen atoms in total. The highest BCUT2D eigenvalue weighted by molar-refractivity contribution is 7.10. The zero-order valence-corrected chi connectivity index (χ0v) is 7.53. The summed E-state index contributed by atoms with van der Waals surface area (Å²) in [4.78, 5) is 1.48. The van der Waals surface area contributed by atoms with Crippen molar-refractivity contribution >= 4 is 11.3 Å². The van der Waals surface area contributed by atoms with Crippen LogP contribution in [0.5, 0.6) is 0 Å². The molecule has 1 aromatic rings. The minimum Gasteiger partial charge on any atom is -0.330 e. The topological polar surface area (TPSA) is 26.0 Å². The average molecular weight is 167 g/mol. The van der Waals surface area contributed by atoms with Gasteiger partial charge in [0.05, 0.1) is 0 Å². The molecule has 0 aliphatic heterocycles. The zero-order chi connectivity index (χ0) is 7.84. The van der Waals surface area contributed by atoms with E-state index in [2.05, 4.69) is 18.4 Å². The fourth-order valence-electron chi connectivity index (χ4n) is 1.67. The Morgan fingerprint density at radius 2 is 2.55 bits per heavy atom. The van der Waals surface area contributed by atoms with Crippen molar-refractivity contribution in [3.63, 3.8) is 0 Å². The van der Waals surface area contributed by atoms with E-state index in [1.165, 1.54) is 11.3 Å². The van der Waals surface area contributed by atoms with Crippen LogP contribution in [-0.4, -0.2) is 6.54 Å². The first-order chi connectivity index (χ1) is 5.33. The van der Waals surface area contributed by atoms with Crippen molar-refractivity contribution in [1.29, 1.82) is 0 Å². The highest BCUT2D eigenvalue weighted by atomic mass is 32.1. The first-order valence-electron chi connectivity index (χ1n) is 4.07. The molecule has 11 heavy (non-hydrogen) atoms. The van der Waals surface area contributed by atoms with Gasteiger partial charge >= 0.3 is 0 Å². The van der Waals surface area contributed by atoms with Crippen molar-refractivity contribution in [2.45, 2.75) is 19.3 Å². The Morgan fingerprint density at radius 3 is 3.00 bits per heavy atom. The lowest BCUT2D eigenvalue weighted by Crippen LogP contribution is -2.01. The van der Waals surface area contributed by atoms with Gasteiger partial charge in [0.2, 0.25) is 0 Å². The van der Waals surface area contributed by atoms with E-state index in [4.69, 9.17) is 5.73 Å². The monoisotopic (exact) mass is 167 g/mol. The molecular weight excluding hydrogens is 154 g/mol. The summed E-state index contributed by atoms with van der Waals surface area (Å²) in [5.74, 6) is 1.58. The minimum atomic E-state index is 0.781. The summed E-state index contributed by atoms with van der Waals surface area (Å²) in [5, 5.41) is 2.18. The highest BCUT2D eigenvalue weighted by Crippen LogP contribution is 2.48. The second-order valence-electron chi connectivity index (χ2n) is 3.27. The van der Waals surface area contributed by atoms with Crippen LogP contribution in [-0.2, 0) is 0 Å². The Kier molecular flexibility index (Phi) is 1.74. The summed E-state index contributed by atoms with van der Waals surface area (Å²) in [6, 6.07) is 2.25. The standard InChI is InChI=1S/C9H13NS/c1-6-8(2-3-11-6)9-4-7(9)5-10/h2-3,7,9H,4-5,10H2,1H3. The fourth-order valence-corrected chi connectivity index (χ4v) is 2.44. The van der Waals surface area contributed by atoms with E-state index in [1.807, 2.05) is 11.3 Å². The summed E-state index contributed by atoms with van der Waals surface area (Å²) >= 11 is 1.84. The van der Waals surface area contributed by atoms with Crippen LogP contribution in [0.25, 0.3) is 0 Å². The van der Waals surface area contributed by atoms with Crippen molar-refractivity contribution in [1.82, 2.24) is 0 Å². The van der Waals surface area contributed by atoms with Crippen molar-refractivity contribution in [3.05, 3.63) is 21.9 Å². The quantitative estimate of drug-likeness (QED) is 0.717. The summed E-state index contributed by atoms with van der Waals surface area (Å²) in [5.41, 5.74) is 7.13. The maximum absolute atomic E-state index is 5.58. The molecule has 0 bridgehead atoms. The molecule has 2 heteroatoms. The zero-order valence-electron chi connectivity index (χ0n) is 6.71. The summed E-state index contributed by atoms with van der Waals surface area (Å²) in [6.07, 6.45) is 1.31. The van der Waals surface area contributed by atoms with E-state index in [9.17, 15) is 0 Å². The van der Waals surface area contributed by atoms with Crippen molar-refractivity contribution < 1.29 is 0 Å². The molecule has 2 atom stereocenters. The van der Waals surface area contributed by atoms with Crippen molar-refractivity contribution in [3.8, 4) is 0 Å². The predicted molar refractivity (Wildman–Crippen MR) is 49.0 cm³/mol. The van der Waals surface area contributed by atoms with Crippen molar-refractivity contribution in [2.24, 2.45) is 11.7 Å². The summed E-state index contributed by atoms with van der Waals surface area (Å²) < 4.78 is 0. The lowest BCUT2D eigenvalue weighted by atomic mass is 10.1. The fraction of sp³-hybridized carbons (Fsp3) is 0.556. The van der Waals surface area contributed by atoms with E-state index >= 15 is 0 Å². The summed E-state index contributed by atoms with van der Waals surface area (Å²) in [7, 11) is 0. The summed E-state index contributed by atoms with van der Waals surface area (Å²) in [6.45, 7) is 3.06. The first kappa shape index (κ1) is 7.32. The largest absolute Gasteiger partial charge is 0.330 e. The molecule has 1 saturated carbocycles. The molecule has 1 fully saturated rings. The van der Waals surface area contributed by atoms with Gasteiger partial charge in [-0.25, -0.2) is 0 Å². The number of nitrogens with two attached hydrogens (primary N) is 1. The molecule has 1 aliphatic carbocycles. The molecule has 60 valence electrons. The molecule has 2 rings (SSSR count). The lowest BCUT2D eigenvalue weighted by Gasteiger charge is -1.95. The molecule has 1 heterocycles. The van der Waals surface area contributed by atoms with E-state index in [0.717, 1.165) is 18.4 Å². The van der Waals surface area contributed by atoms with Gasteiger partial charge in [-0.3, -0.25) is 0 Å². The Morgan fingerprint density at radius 1 is 1.73 bits per heavy atom. The molecule has 1 aromatic heterocycles. The number of hydrogen-bond acceptors (Lipinski definition) is 2. The molecule has 0 radical (unpaired) electrons. The van der Waals surface area contributed by atoms with Crippen LogP contribution >= 0.6 is 11.3 Å². The lowest BCUT2D eigenvalue weighted by molar-refractivity contribution is 0.809. The van der Waals surface area contributed by atoms with Gasteiger partial charge in [0.25, 0.3) is 0 Å². The second kappa shape index (κ2) is 2.61. The first-order valence-corrected chi connectivity index (χ1v) is 4.95. The van der Waals surface area contributed by atoms with Gasteiger partial charge < -0.3 is 5.73 Å². The number of aryl methyl sites for hydroxylation is 1. The van der Waals surface area contributed by atoms with E-state index in [-0.39, 0.29) is 0 Å². The van der Waals surface area contributed by atoms with Crippen LogP contribution in [0.15, 0.2) is 11.4 Å². The van der Waals surface area contributed by atoms with Crippen LogP contribution in [0.1, 0.15) is 22.8 Å². The second-order valence-corrected chi connectivity index (χ2v) is 4.39. The predicted octanol–water partition coefficient (Wildman–Crippen LogP) is 2.12. The van der Waals surface area contributed by atoms with Crippen LogP contribution in [0, 0.1) is 12.8 Å². The third-order valence-corrected chi connectivity index (χ3v) is 3.39. The van der Waals surface area contributed by atoms with E-state index in [0.29, 0.717) is 0 Å². The normalized spacial score (nSPS) is 28.9. The van der Waals surface area contributed by atoms with E-state index in [1.54, 1.807) is 5.56 Å². The Hall–Kier alpha value is -0.340. The minimum absolute atomic E-state index is 0.781. The average Bonchev–Trinajstić information content (AvgIpc) is 2.68. The Bertz CT molecular complexity index is 254. The van der Waals surface area contributed by atoms with Gasteiger partial charge in [0.15, 0.2) is 0 Å². The van der Waals surface area contributed by atoms with Gasteiger partial charge in [-0.05, 0) is 48.7 Å².